The standard InChI is InChI=1S/C17H31N3O2/c1-2-16(21)15-8-5-7-14-13-17(22)19-11-6-10-18-9-3-4-12-20(14)15/h5,7,14-16,18,21H,2-4,6,8-13H2,1H3,(H,19,22)/t14-,15+,16-/m1/s1. The summed E-state index contributed by atoms with van der Waals surface area (Å²) in [6.45, 7) is 5.71. The van der Waals surface area contributed by atoms with Crippen LogP contribution >= 0.6 is 0 Å². The van der Waals surface area contributed by atoms with Gasteiger partial charge in [-0.3, -0.25) is 9.69 Å². The minimum atomic E-state index is -0.315. The van der Waals surface area contributed by atoms with Crippen LogP contribution in [-0.4, -0.2) is 60.3 Å². The molecule has 1 saturated heterocycles. The number of nitrogens with one attached hydrogen (secondary N) is 2. The molecule has 5 heteroatoms. The number of carbonyl (C=O) groups is 1. The lowest BCUT2D eigenvalue weighted by molar-refractivity contribution is -0.122. The van der Waals surface area contributed by atoms with Gasteiger partial charge in [0.15, 0.2) is 0 Å². The average molecular weight is 309 g/mol. The number of amides is 1. The molecule has 0 aromatic carbocycles. The van der Waals surface area contributed by atoms with Gasteiger partial charge in [-0.25, -0.2) is 0 Å². The van der Waals surface area contributed by atoms with Crippen molar-refractivity contribution >= 4 is 5.91 Å². The Morgan fingerprint density at radius 2 is 2.14 bits per heavy atom. The van der Waals surface area contributed by atoms with Crippen LogP contribution in [0.3, 0.4) is 0 Å². The van der Waals surface area contributed by atoms with Gasteiger partial charge in [0.25, 0.3) is 0 Å². The zero-order valence-corrected chi connectivity index (χ0v) is 13.8. The third kappa shape index (κ3) is 5.07. The van der Waals surface area contributed by atoms with E-state index in [1.807, 2.05) is 6.92 Å². The maximum absolute atomic E-state index is 12.1. The first-order valence-corrected chi connectivity index (χ1v) is 8.80. The molecule has 0 unspecified atom stereocenters. The lowest BCUT2D eigenvalue weighted by Gasteiger charge is -2.41. The molecule has 2 aliphatic heterocycles. The van der Waals surface area contributed by atoms with Crippen molar-refractivity contribution in [1.29, 1.82) is 0 Å². The molecule has 0 aromatic heterocycles. The number of aliphatic hydroxyl groups is 1. The molecule has 0 saturated carbocycles. The topological polar surface area (TPSA) is 64.6 Å². The van der Waals surface area contributed by atoms with Gasteiger partial charge in [-0.15, -0.1) is 0 Å². The van der Waals surface area contributed by atoms with Gasteiger partial charge in [-0.2, -0.15) is 0 Å². The second-order valence-electron chi connectivity index (χ2n) is 6.38. The molecule has 1 fully saturated rings. The second kappa shape index (κ2) is 9.28. The lowest BCUT2D eigenvalue weighted by atomic mass is 9.94. The Morgan fingerprint density at radius 3 is 2.95 bits per heavy atom. The number of carbonyl (C=O) groups excluding carboxylic acids is 1. The molecular formula is C17H31N3O2. The van der Waals surface area contributed by atoms with Crippen LogP contribution in [0.1, 0.15) is 45.4 Å². The predicted molar refractivity (Wildman–Crippen MR) is 88.7 cm³/mol. The monoisotopic (exact) mass is 309 g/mol. The molecule has 22 heavy (non-hydrogen) atoms. The minimum Gasteiger partial charge on any atom is -0.391 e. The van der Waals surface area contributed by atoms with Crippen LogP contribution in [-0.2, 0) is 4.79 Å². The van der Waals surface area contributed by atoms with Gasteiger partial charge in [-0.1, -0.05) is 19.1 Å². The van der Waals surface area contributed by atoms with E-state index in [-0.39, 0.29) is 24.1 Å². The fourth-order valence-corrected chi connectivity index (χ4v) is 3.41. The van der Waals surface area contributed by atoms with E-state index in [4.69, 9.17) is 0 Å². The third-order valence-corrected chi connectivity index (χ3v) is 4.72. The highest BCUT2D eigenvalue weighted by molar-refractivity contribution is 5.76. The molecule has 1 amide bonds. The number of rotatable bonds is 2. The van der Waals surface area contributed by atoms with E-state index in [9.17, 15) is 9.90 Å². The molecule has 126 valence electrons. The average Bonchev–Trinajstić information content (AvgIpc) is 2.54. The van der Waals surface area contributed by atoms with E-state index in [0.717, 1.165) is 58.3 Å². The van der Waals surface area contributed by atoms with Crippen LogP contribution < -0.4 is 10.6 Å². The first-order chi connectivity index (χ1) is 10.7. The van der Waals surface area contributed by atoms with Crippen LogP contribution in [0.5, 0.6) is 0 Å². The van der Waals surface area contributed by atoms with Crippen molar-refractivity contribution in [2.45, 2.75) is 63.6 Å². The van der Waals surface area contributed by atoms with Crippen molar-refractivity contribution in [2.75, 3.05) is 26.2 Å². The number of aliphatic hydroxyl groups excluding tert-OH is 1. The molecule has 2 aliphatic rings. The molecule has 0 radical (unpaired) electrons. The van der Waals surface area contributed by atoms with Crippen molar-refractivity contribution in [2.24, 2.45) is 0 Å². The summed E-state index contributed by atoms with van der Waals surface area (Å²) in [6.07, 6.45) is 9.33. The Morgan fingerprint density at radius 1 is 1.32 bits per heavy atom. The van der Waals surface area contributed by atoms with Crippen LogP contribution in [0.25, 0.3) is 0 Å². The van der Waals surface area contributed by atoms with E-state index in [2.05, 4.69) is 27.7 Å². The van der Waals surface area contributed by atoms with Crippen molar-refractivity contribution in [1.82, 2.24) is 15.5 Å². The number of nitrogens with zero attached hydrogens (tertiary/aromatic N) is 1. The normalized spacial score (nSPS) is 30.4. The summed E-state index contributed by atoms with van der Waals surface area (Å²) in [4.78, 5) is 14.5. The highest BCUT2D eigenvalue weighted by Crippen LogP contribution is 2.24. The van der Waals surface area contributed by atoms with E-state index in [1.54, 1.807) is 0 Å². The SMILES string of the molecule is CC[C@@H](O)[C@@H]1CC=C[C@@H]2CC(=O)NCCCNCCCCN21. The van der Waals surface area contributed by atoms with Gasteiger partial charge in [0.2, 0.25) is 5.91 Å². The summed E-state index contributed by atoms with van der Waals surface area (Å²) in [7, 11) is 0. The molecule has 3 atom stereocenters. The molecular weight excluding hydrogens is 278 g/mol. The highest BCUT2D eigenvalue weighted by atomic mass is 16.3. The van der Waals surface area contributed by atoms with Gasteiger partial charge in [0.1, 0.15) is 0 Å². The van der Waals surface area contributed by atoms with E-state index >= 15 is 0 Å². The number of hydrogen-bond acceptors (Lipinski definition) is 4. The Balaban J connectivity index is 2.06. The largest absolute Gasteiger partial charge is 0.391 e. The van der Waals surface area contributed by atoms with Gasteiger partial charge < -0.3 is 15.7 Å². The Labute approximate surface area is 134 Å². The van der Waals surface area contributed by atoms with Crippen molar-refractivity contribution in [3.63, 3.8) is 0 Å². The highest BCUT2D eigenvalue weighted by Gasteiger charge is 2.32. The molecule has 5 nitrogen and oxygen atoms in total. The molecule has 2 heterocycles. The Kier molecular flexibility index (Phi) is 7.36. The molecule has 0 aromatic rings. The molecule has 0 bridgehead atoms. The summed E-state index contributed by atoms with van der Waals surface area (Å²) in [5.74, 6) is 0.116. The Bertz CT molecular complexity index is 373. The summed E-state index contributed by atoms with van der Waals surface area (Å²) < 4.78 is 0. The molecule has 3 N–H and O–H groups in total. The number of hydrogen-bond donors (Lipinski definition) is 3. The fraction of sp³-hybridized carbons (Fsp3) is 0.824. The van der Waals surface area contributed by atoms with Gasteiger partial charge in [0.05, 0.1) is 6.10 Å². The Hall–Kier alpha value is -0.910. The summed E-state index contributed by atoms with van der Waals surface area (Å²) >= 11 is 0. The minimum absolute atomic E-state index is 0.116. The first-order valence-electron chi connectivity index (χ1n) is 8.80. The zero-order valence-electron chi connectivity index (χ0n) is 13.8. The predicted octanol–water partition coefficient (Wildman–Crippen LogP) is 1.04. The van der Waals surface area contributed by atoms with E-state index in [1.165, 1.54) is 0 Å². The maximum atomic E-state index is 12.1. The fourth-order valence-electron chi connectivity index (χ4n) is 3.41. The molecule has 0 spiro atoms. The van der Waals surface area contributed by atoms with Gasteiger partial charge in [-0.05, 0) is 51.7 Å². The molecule has 0 aliphatic carbocycles. The van der Waals surface area contributed by atoms with Gasteiger partial charge >= 0.3 is 0 Å². The molecule has 2 rings (SSSR count). The van der Waals surface area contributed by atoms with Crippen molar-refractivity contribution in [3.8, 4) is 0 Å². The van der Waals surface area contributed by atoms with Gasteiger partial charge in [0, 0.05) is 25.0 Å². The zero-order chi connectivity index (χ0) is 15.8. The van der Waals surface area contributed by atoms with Crippen molar-refractivity contribution < 1.29 is 9.90 Å². The quantitative estimate of drug-likeness (QED) is 0.667. The van der Waals surface area contributed by atoms with Crippen LogP contribution in [0.4, 0.5) is 0 Å². The van der Waals surface area contributed by atoms with Crippen LogP contribution in [0.15, 0.2) is 12.2 Å². The van der Waals surface area contributed by atoms with E-state index in [0.29, 0.717) is 6.42 Å². The lowest BCUT2D eigenvalue weighted by Crippen LogP contribution is -2.51. The second-order valence-corrected chi connectivity index (χ2v) is 6.38. The number of fused-ring (bicyclic) bond motifs is 1. The maximum Gasteiger partial charge on any atom is 0.221 e. The van der Waals surface area contributed by atoms with Crippen LogP contribution in [0.2, 0.25) is 0 Å². The third-order valence-electron chi connectivity index (χ3n) is 4.72. The van der Waals surface area contributed by atoms with Crippen LogP contribution in [0, 0.1) is 0 Å². The van der Waals surface area contributed by atoms with Crippen molar-refractivity contribution in [3.05, 3.63) is 12.2 Å². The summed E-state index contributed by atoms with van der Waals surface area (Å²) in [6, 6.07) is 0.263. The first kappa shape index (κ1) is 17.4. The van der Waals surface area contributed by atoms with E-state index < -0.39 is 0 Å². The summed E-state index contributed by atoms with van der Waals surface area (Å²) in [5.41, 5.74) is 0. The summed E-state index contributed by atoms with van der Waals surface area (Å²) in [5, 5.41) is 16.8. The smallest absolute Gasteiger partial charge is 0.221 e.